The van der Waals surface area contributed by atoms with Crippen LogP contribution in [0.4, 0.5) is 10.2 Å². The molecule has 0 aliphatic carbocycles. The molecule has 13 heteroatoms. The number of nitrogens with one attached hydrogen (secondary N) is 1. The Bertz CT molecular complexity index is 1460. The maximum absolute atomic E-state index is 14.7. The number of hydrogen-bond acceptors (Lipinski definition) is 7. The standard InChI is InChI=1S/C20H15Cl2FN6O3S/c21-12-8-25-9-13(22)18(12)20(24)32-16-5-11-15(6-14(16)23)27-28-19(11)10-1-2-17(26-7-10)29-3-4-33(29,30)31/h1-2,5-9,20H,3-4,24H2,(H,27,28)/t20-/m0/s1. The lowest BCUT2D eigenvalue weighted by molar-refractivity contribution is 0.205. The SMILES string of the molecule is N[C@@H](Oc1cc2c(-c3ccc(N4CCS4(=O)=O)nc3)n[nH]c2cc1F)c1c(Cl)cncc1Cl. The monoisotopic (exact) mass is 508 g/mol. The molecule has 1 saturated heterocycles. The highest BCUT2D eigenvalue weighted by molar-refractivity contribution is 7.94. The van der Waals surface area contributed by atoms with Gasteiger partial charge in [0.25, 0.3) is 0 Å². The average molecular weight is 509 g/mol. The van der Waals surface area contributed by atoms with Gasteiger partial charge in [0.05, 0.1) is 27.9 Å². The van der Waals surface area contributed by atoms with Crippen LogP contribution < -0.4 is 14.8 Å². The van der Waals surface area contributed by atoms with E-state index >= 15 is 0 Å². The minimum atomic E-state index is -3.27. The number of nitrogens with two attached hydrogens (primary N) is 1. The van der Waals surface area contributed by atoms with Gasteiger partial charge in [-0.25, -0.2) is 17.8 Å². The van der Waals surface area contributed by atoms with Crippen LogP contribution in [0.5, 0.6) is 5.75 Å². The lowest BCUT2D eigenvalue weighted by Gasteiger charge is -2.31. The van der Waals surface area contributed by atoms with Crippen LogP contribution >= 0.6 is 23.2 Å². The Balaban J connectivity index is 1.48. The number of aromatic amines is 1. The third kappa shape index (κ3) is 3.86. The van der Waals surface area contributed by atoms with Crippen LogP contribution in [-0.2, 0) is 10.0 Å². The lowest BCUT2D eigenvalue weighted by Crippen LogP contribution is -2.48. The smallest absolute Gasteiger partial charge is 0.238 e. The van der Waals surface area contributed by atoms with Crippen LogP contribution in [-0.4, -0.2) is 40.9 Å². The van der Waals surface area contributed by atoms with Crippen molar-refractivity contribution in [1.29, 1.82) is 0 Å². The van der Waals surface area contributed by atoms with Crippen molar-refractivity contribution in [3.63, 3.8) is 0 Å². The first kappa shape index (κ1) is 21.8. The zero-order chi connectivity index (χ0) is 23.3. The van der Waals surface area contributed by atoms with Crippen molar-refractivity contribution in [2.24, 2.45) is 5.73 Å². The summed E-state index contributed by atoms with van der Waals surface area (Å²) in [6.07, 6.45) is 3.09. The number of halogens is 3. The summed E-state index contributed by atoms with van der Waals surface area (Å²) in [7, 11) is -3.27. The highest BCUT2D eigenvalue weighted by atomic mass is 35.5. The molecule has 1 aliphatic rings. The van der Waals surface area contributed by atoms with Gasteiger partial charge in [0.15, 0.2) is 17.8 Å². The molecule has 33 heavy (non-hydrogen) atoms. The Morgan fingerprint density at radius 1 is 1.18 bits per heavy atom. The predicted molar refractivity (Wildman–Crippen MR) is 122 cm³/mol. The Morgan fingerprint density at radius 2 is 1.94 bits per heavy atom. The highest BCUT2D eigenvalue weighted by Crippen LogP contribution is 2.35. The first-order valence-corrected chi connectivity index (χ1v) is 12.0. The molecule has 3 N–H and O–H groups in total. The molecule has 3 aromatic heterocycles. The minimum Gasteiger partial charge on any atom is -0.468 e. The fraction of sp³-hybridized carbons (Fsp3) is 0.150. The summed E-state index contributed by atoms with van der Waals surface area (Å²) in [6, 6.07) is 5.98. The normalized spacial score (nSPS) is 15.9. The zero-order valence-corrected chi connectivity index (χ0v) is 19.0. The van der Waals surface area contributed by atoms with Gasteiger partial charge in [-0.3, -0.25) is 20.1 Å². The van der Waals surface area contributed by atoms with Crippen LogP contribution in [0.25, 0.3) is 22.2 Å². The number of hydrogen-bond donors (Lipinski definition) is 2. The number of ether oxygens (including phenoxy) is 1. The number of H-pyrrole nitrogens is 1. The maximum Gasteiger partial charge on any atom is 0.238 e. The molecule has 0 bridgehead atoms. The second-order valence-electron chi connectivity index (χ2n) is 7.25. The van der Waals surface area contributed by atoms with Crippen LogP contribution in [0.1, 0.15) is 11.8 Å². The molecule has 0 spiro atoms. The third-order valence-corrected chi connectivity index (χ3v) is 7.55. The van der Waals surface area contributed by atoms with E-state index in [2.05, 4.69) is 20.2 Å². The number of anilines is 1. The van der Waals surface area contributed by atoms with E-state index in [1.54, 1.807) is 12.1 Å². The summed E-state index contributed by atoms with van der Waals surface area (Å²) in [5, 5.41) is 7.95. The largest absolute Gasteiger partial charge is 0.468 e. The van der Waals surface area contributed by atoms with Gasteiger partial charge >= 0.3 is 0 Å². The zero-order valence-electron chi connectivity index (χ0n) is 16.7. The molecular weight excluding hydrogens is 494 g/mol. The van der Waals surface area contributed by atoms with E-state index in [-0.39, 0.29) is 27.1 Å². The molecule has 1 fully saturated rings. The van der Waals surface area contributed by atoms with Crippen LogP contribution in [0, 0.1) is 5.82 Å². The first-order valence-electron chi connectivity index (χ1n) is 9.60. The van der Waals surface area contributed by atoms with Gasteiger partial charge in [-0.05, 0) is 18.2 Å². The predicted octanol–water partition coefficient (Wildman–Crippen LogP) is 3.65. The van der Waals surface area contributed by atoms with Crippen molar-refractivity contribution in [3.8, 4) is 17.0 Å². The molecule has 1 aromatic carbocycles. The molecule has 1 atom stereocenters. The second kappa shape index (κ2) is 8.10. The quantitative estimate of drug-likeness (QED) is 0.393. The topological polar surface area (TPSA) is 127 Å². The number of nitrogens with zero attached hydrogens (tertiary/aromatic N) is 4. The summed E-state index contributed by atoms with van der Waals surface area (Å²) in [6.45, 7) is 0.395. The number of rotatable bonds is 5. The van der Waals surface area contributed by atoms with Crippen molar-refractivity contribution in [3.05, 3.63) is 64.3 Å². The van der Waals surface area contributed by atoms with E-state index < -0.39 is 22.1 Å². The average Bonchev–Trinajstić information content (AvgIpc) is 3.16. The van der Waals surface area contributed by atoms with E-state index in [1.807, 2.05) is 0 Å². The molecule has 170 valence electrons. The molecule has 5 rings (SSSR count). The van der Waals surface area contributed by atoms with Gasteiger partial charge in [0.2, 0.25) is 10.0 Å². The van der Waals surface area contributed by atoms with Crippen molar-refractivity contribution < 1.29 is 17.5 Å². The van der Waals surface area contributed by atoms with Gasteiger partial charge in [-0.2, -0.15) is 5.10 Å². The maximum atomic E-state index is 14.7. The Morgan fingerprint density at radius 3 is 2.55 bits per heavy atom. The fourth-order valence-electron chi connectivity index (χ4n) is 3.48. The molecule has 1 aliphatic heterocycles. The Labute approximate surface area is 197 Å². The van der Waals surface area contributed by atoms with E-state index in [1.165, 1.54) is 35.0 Å². The van der Waals surface area contributed by atoms with Crippen molar-refractivity contribution in [2.75, 3.05) is 16.6 Å². The number of aromatic nitrogens is 4. The lowest BCUT2D eigenvalue weighted by atomic mass is 10.1. The van der Waals surface area contributed by atoms with Crippen LogP contribution in [0.3, 0.4) is 0 Å². The van der Waals surface area contributed by atoms with E-state index in [0.717, 1.165) is 0 Å². The molecular formula is C20H15Cl2FN6O3S. The third-order valence-electron chi connectivity index (χ3n) is 5.21. The number of sulfonamides is 1. The van der Waals surface area contributed by atoms with Gasteiger partial charge < -0.3 is 4.74 Å². The molecule has 0 amide bonds. The molecule has 0 saturated carbocycles. The van der Waals surface area contributed by atoms with Gasteiger partial charge in [-0.15, -0.1) is 0 Å². The Kier molecular flexibility index (Phi) is 5.36. The summed E-state index contributed by atoms with van der Waals surface area (Å²) in [5.74, 6) is -0.354. The van der Waals surface area contributed by atoms with Crippen molar-refractivity contribution in [2.45, 2.75) is 6.23 Å². The van der Waals surface area contributed by atoms with Gasteiger partial charge in [-0.1, -0.05) is 23.2 Å². The van der Waals surface area contributed by atoms with Crippen LogP contribution in [0.15, 0.2) is 42.9 Å². The van der Waals surface area contributed by atoms with E-state index in [0.29, 0.717) is 34.5 Å². The van der Waals surface area contributed by atoms with Crippen LogP contribution in [0.2, 0.25) is 10.0 Å². The molecule has 0 radical (unpaired) electrons. The van der Waals surface area contributed by atoms with Crippen molar-refractivity contribution in [1.82, 2.24) is 20.2 Å². The fourth-order valence-corrected chi connectivity index (χ4v) is 5.12. The summed E-state index contributed by atoms with van der Waals surface area (Å²) in [4.78, 5) is 8.10. The Hall–Kier alpha value is -2.99. The minimum absolute atomic E-state index is 0.104. The number of benzene rings is 1. The highest BCUT2D eigenvalue weighted by Gasteiger charge is 2.33. The summed E-state index contributed by atoms with van der Waals surface area (Å²) < 4.78 is 45.1. The molecule has 0 unspecified atom stereocenters. The van der Waals surface area contributed by atoms with Gasteiger partial charge in [0, 0.05) is 41.2 Å². The van der Waals surface area contributed by atoms with Gasteiger partial charge in [0.1, 0.15) is 11.5 Å². The number of pyridine rings is 2. The van der Waals surface area contributed by atoms with E-state index in [9.17, 15) is 12.8 Å². The van der Waals surface area contributed by atoms with Crippen molar-refractivity contribution >= 4 is 49.9 Å². The van der Waals surface area contributed by atoms with E-state index in [4.69, 9.17) is 33.7 Å². The molecule has 9 nitrogen and oxygen atoms in total. The second-order valence-corrected chi connectivity index (χ2v) is 10.1. The summed E-state index contributed by atoms with van der Waals surface area (Å²) >= 11 is 12.2. The first-order chi connectivity index (χ1) is 15.7. The number of fused-ring (bicyclic) bond motifs is 1. The molecule has 4 heterocycles. The summed E-state index contributed by atoms with van der Waals surface area (Å²) in [5.41, 5.74) is 7.87. The molecule has 4 aromatic rings.